The number of benzene rings is 2. The number of amides is 1. The molecule has 0 unspecified atom stereocenters. The zero-order valence-corrected chi connectivity index (χ0v) is 14.5. The Kier molecular flexibility index (Phi) is 6.51. The van der Waals surface area contributed by atoms with Gasteiger partial charge in [-0.3, -0.25) is 14.9 Å². The van der Waals surface area contributed by atoms with E-state index in [1.807, 2.05) is 31.2 Å². The summed E-state index contributed by atoms with van der Waals surface area (Å²) in [6.07, 6.45) is 1.62. The Hall–Kier alpha value is -2.89. The Balaban J connectivity index is 1.82. The number of carbonyl (C=O) groups is 1. The van der Waals surface area contributed by atoms with Crippen LogP contribution in [0.25, 0.3) is 0 Å². The molecule has 25 heavy (non-hydrogen) atoms. The van der Waals surface area contributed by atoms with Gasteiger partial charge >= 0.3 is 0 Å². The minimum atomic E-state index is -0.474. The van der Waals surface area contributed by atoms with Gasteiger partial charge in [0.05, 0.1) is 11.5 Å². The second kappa shape index (κ2) is 8.82. The highest BCUT2D eigenvalue weighted by molar-refractivity contribution is 5.94. The third-order valence-electron chi connectivity index (χ3n) is 3.83. The van der Waals surface area contributed by atoms with Crippen LogP contribution in [-0.4, -0.2) is 24.0 Å². The molecule has 0 atom stereocenters. The van der Waals surface area contributed by atoms with Gasteiger partial charge < -0.3 is 10.1 Å². The molecule has 0 aliphatic rings. The summed E-state index contributed by atoms with van der Waals surface area (Å²) in [7, 11) is 0. The lowest BCUT2D eigenvalue weighted by molar-refractivity contribution is -0.385. The number of carbonyl (C=O) groups excluding carboxylic acids is 1. The molecule has 0 bridgehead atoms. The highest BCUT2D eigenvalue weighted by atomic mass is 16.6. The molecule has 2 aromatic carbocycles. The van der Waals surface area contributed by atoms with Crippen LogP contribution in [0.5, 0.6) is 5.75 Å². The third-order valence-corrected chi connectivity index (χ3v) is 3.83. The van der Waals surface area contributed by atoms with Crippen molar-refractivity contribution in [3.05, 3.63) is 69.3 Å². The van der Waals surface area contributed by atoms with Gasteiger partial charge in [0.15, 0.2) is 0 Å². The Morgan fingerprint density at radius 3 is 2.56 bits per heavy atom. The maximum atomic E-state index is 12.1. The number of nitrogens with one attached hydrogen (secondary N) is 1. The SMILES string of the molecule is CCOc1ccc(CCCNC(=O)c2ccc(C)c([N+](=O)[O-])c2)cc1. The van der Waals surface area contributed by atoms with Crippen molar-refractivity contribution in [3.8, 4) is 5.75 Å². The maximum absolute atomic E-state index is 12.1. The van der Waals surface area contributed by atoms with Crippen LogP contribution in [-0.2, 0) is 6.42 Å². The first-order valence-corrected chi connectivity index (χ1v) is 8.26. The number of aryl methyl sites for hydroxylation is 2. The van der Waals surface area contributed by atoms with Crippen LogP contribution in [0.3, 0.4) is 0 Å². The summed E-state index contributed by atoms with van der Waals surface area (Å²) >= 11 is 0. The molecule has 0 fully saturated rings. The van der Waals surface area contributed by atoms with Crippen LogP contribution in [0.2, 0.25) is 0 Å². The normalized spacial score (nSPS) is 10.3. The summed E-state index contributed by atoms with van der Waals surface area (Å²) in [6, 6.07) is 12.4. The van der Waals surface area contributed by atoms with Gasteiger partial charge in [0.1, 0.15) is 5.75 Å². The lowest BCUT2D eigenvalue weighted by Crippen LogP contribution is -2.24. The summed E-state index contributed by atoms with van der Waals surface area (Å²) in [5, 5.41) is 13.7. The highest BCUT2D eigenvalue weighted by Crippen LogP contribution is 2.19. The fourth-order valence-corrected chi connectivity index (χ4v) is 2.46. The molecule has 6 heteroatoms. The molecule has 0 aromatic heterocycles. The number of ether oxygens (including phenoxy) is 1. The van der Waals surface area contributed by atoms with E-state index in [4.69, 9.17) is 4.74 Å². The minimum absolute atomic E-state index is 0.0398. The van der Waals surface area contributed by atoms with Crippen molar-refractivity contribution in [2.24, 2.45) is 0 Å². The van der Waals surface area contributed by atoms with Crippen molar-refractivity contribution in [1.29, 1.82) is 0 Å². The van der Waals surface area contributed by atoms with Crippen LogP contribution in [0.1, 0.15) is 34.8 Å². The van der Waals surface area contributed by atoms with E-state index in [0.717, 1.165) is 18.6 Å². The van der Waals surface area contributed by atoms with E-state index in [1.165, 1.54) is 11.6 Å². The van der Waals surface area contributed by atoms with Crippen LogP contribution < -0.4 is 10.1 Å². The van der Waals surface area contributed by atoms with Gasteiger partial charge in [-0.25, -0.2) is 0 Å². The van der Waals surface area contributed by atoms with Gasteiger partial charge in [-0.1, -0.05) is 18.2 Å². The van der Waals surface area contributed by atoms with E-state index in [9.17, 15) is 14.9 Å². The molecule has 6 nitrogen and oxygen atoms in total. The predicted molar refractivity (Wildman–Crippen MR) is 96.1 cm³/mol. The summed E-state index contributed by atoms with van der Waals surface area (Å²) in [6.45, 7) is 4.74. The van der Waals surface area contributed by atoms with Crippen LogP contribution in [0.4, 0.5) is 5.69 Å². The van der Waals surface area contributed by atoms with E-state index in [-0.39, 0.29) is 11.6 Å². The number of nitro benzene ring substituents is 1. The standard InChI is InChI=1S/C19H22N2O4/c1-3-25-17-10-7-15(8-11-17)5-4-12-20-19(22)16-9-6-14(2)18(13-16)21(23)24/h6-11,13H,3-5,12H2,1-2H3,(H,20,22). The summed E-state index contributed by atoms with van der Waals surface area (Å²) in [5.41, 5.74) is 1.97. The predicted octanol–water partition coefficient (Wildman–Crippen LogP) is 3.66. The molecule has 0 aliphatic heterocycles. The quantitative estimate of drug-likeness (QED) is 0.451. The monoisotopic (exact) mass is 342 g/mol. The summed E-state index contributed by atoms with van der Waals surface area (Å²) < 4.78 is 5.40. The summed E-state index contributed by atoms with van der Waals surface area (Å²) in [5.74, 6) is 0.551. The lowest BCUT2D eigenvalue weighted by Gasteiger charge is -2.07. The average molecular weight is 342 g/mol. The van der Waals surface area contributed by atoms with Gasteiger partial charge in [-0.2, -0.15) is 0 Å². The average Bonchev–Trinajstić information content (AvgIpc) is 2.60. The Morgan fingerprint density at radius 1 is 1.20 bits per heavy atom. The van der Waals surface area contributed by atoms with Crippen LogP contribution in [0, 0.1) is 17.0 Å². The fraction of sp³-hybridized carbons (Fsp3) is 0.316. The first-order valence-electron chi connectivity index (χ1n) is 8.26. The molecule has 2 aromatic rings. The summed E-state index contributed by atoms with van der Waals surface area (Å²) in [4.78, 5) is 22.6. The van der Waals surface area contributed by atoms with Crippen molar-refractivity contribution >= 4 is 11.6 Å². The molecule has 0 spiro atoms. The van der Waals surface area contributed by atoms with E-state index in [0.29, 0.717) is 24.3 Å². The zero-order valence-electron chi connectivity index (χ0n) is 14.5. The van der Waals surface area contributed by atoms with E-state index in [1.54, 1.807) is 19.1 Å². The number of hydrogen-bond donors (Lipinski definition) is 1. The van der Waals surface area contributed by atoms with Crippen molar-refractivity contribution in [1.82, 2.24) is 5.32 Å². The van der Waals surface area contributed by atoms with E-state index >= 15 is 0 Å². The number of rotatable bonds is 8. The molecule has 0 aliphatic carbocycles. The molecular weight excluding hydrogens is 320 g/mol. The van der Waals surface area contributed by atoms with Gasteiger partial charge in [-0.05, 0) is 50.5 Å². The maximum Gasteiger partial charge on any atom is 0.273 e. The van der Waals surface area contributed by atoms with E-state index < -0.39 is 4.92 Å². The van der Waals surface area contributed by atoms with Crippen molar-refractivity contribution in [2.45, 2.75) is 26.7 Å². The Morgan fingerprint density at radius 2 is 1.92 bits per heavy atom. The molecule has 132 valence electrons. The number of nitrogens with zero attached hydrogens (tertiary/aromatic N) is 1. The van der Waals surface area contributed by atoms with Crippen molar-refractivity contribution in [2.75, 3.05) is 13.2 Å². The van der Waals surface area contributed by atoms with Crippen molar-refractivity contribution in [3.63, 3.8) is 0 Å². The first kappa shape index (κ1) is 18.4. The van der Waals surface area contributed by atoms with Gasteiger partial charge in [0.2, 0.25) is 0 Å². The Labute approximate surface area is 147 Å². The topological polar surface area (TPSA) is 81.5 Å². The smallest absolute Gasteiger partial charge is 0.273 e. The number of nitro groups is 1. The second-order valence-corrected chi connectivity index (χ2v) is 5.69. The minimum Gasteiger partial charge on any atom is -0.494 e. The Bertz CT molecular complexity index is 742. The van der Waals surface area contributed by atoms with Crippen LogP contribution >= 0.6 is 0 Å². The molecule has 1 N–H and O–H groups in total. The van der Waals surface area contributed by atoms with Gasteiger partial charge in [-0.15, -0.1) is 0 Å². The fourth-order valence-electron chi connectivity index (χ4n) is 2.46. The molecule has 2 rings (SSSR count). The first-order chi connectivity index (χ1) is 12.0. The number of hydrogen-bond acceptors (Lipinski definition) is 4. The molecule has 0 heterocycles. The molecule has 0 radical (unpaired) electrons. The van der Waals surface area contributed by atoms with Crippen molar-refractivity contribution < 1.29 is 14.5 Å². The lowest BCUT2D eigenvalue weighted by atomic mass is 10.1. The zero-order chi connectivity index (χ0) is 18.2. The van der Waals surface area contributed by atoms with E-state index in [2.05, 4.69) is 5.32 Å². The molecule has 0 saturated heterocycles. The largest absolute Gasteiger partial charge is 0.494 e. The van der Waals surface area contributed by atoms with Gasteiger partial charge in [0.25, 0.3) is 11.6 Å². The highest BCUT2D eigenvalue weighted by Gasteiger charge is 2.14. The molecule has 1 amide bonds. The third kappa shape index (κ3) is 5.31. The van der Waals surface area contributed by atoms with Crippen LogP contribution in [0.15, 0.2) is 42.5 Å². The second-order valence-electron chi connectivity index (χ2n) is 5.69. The molecular formula is C19H22N2O4. The molecule has 0 saturated carbocycles. The van der Waals surface area contributed by atoms with Gasteiger partial charge in [0, 0.05) is 23.7 Å².